The monoisotopic (exact) mass is 266 g/mol. The molecule has 1 saturated carbocycles. The Labute approximate surface area is 106 Å². The third-order valence-corrected chi connectivity index (χ3v) is 4.77. The lowest BCUT2D eigenvalue weighted by molar-refractivity contribution is 0.410. The SMILES string of the molecule is N#CCCN(C1CC1)S(=O)(=O)c1cccc(O)c1. The van der Waals surface area contributed by atoms with Gasteiger partial charge in [0.25, 0.3) is 0 Å². The molecule has 6 heteroatoms. The van der Waals surface area contributed by atoms with Crippen LogP contribution in [-0.4, -0.2) is 30.4 Å². The summed E-state index contributed by atoms with van der Waals surface area (Å²) in [5, 5.41) is 17.9. The first-order chi connectivity index (χ1) is 8.55. The van der Waals surface area contributed by atoms with Crippen LogP contribution in [0.5, 0.6) is 5.75 Å². The molecule has 0 spiro atoms. The number of sulfonamides is 1. The van der Waals surface area contributed by atoms with Gasteiger partial charge in [0.1, 0.15) is 5.75 Å². The van der Waals surface area contributed by atoms with E-state index in [-0.39, 0.29) is 29.7 Å². The molecule has 1 aliphatic carbocycles. The average Bonchev–Trinajstić information content (AvgIpc) is 3.14. The van der Waals surface area contributed by atoms with Crippen LogP contribution in [0.15, 0.2) is 29.2 Å². The van der Waals surface area contributed by atoms with E-state index in [0.29, 0.717) is 0 Å². The van der Waals surface area contributed by atoms with Crippen LogP contribution in [0.1, 0.15) is 19.3 Å². The molecular weight excluding hydrogens is 252 g/mol. The minimum atomic E-state index is -3.61. The highest BCUT2D eigenvalue weighted by atomic mass is 32.2. The zero-order chi connectivity index (χ0) is 13.2. The molecule has 0 radical (unpaired) electrons. The van der Waals surface area contributed by atoms with Gasteiger partial charge in [-0.25, -0.2) is 8.42 Å². The number of nitrogens with zero attached hydrogens (tertiary/aromatic N) is 2. The Morgan fingerprint density at radius 1 is 1.44 bits per heavy atom. The van der Waals surface area contributed by atoms with Gasteiger partial charge in [-0.15, -0.1) is 0 Å². The Balaban J connectivity index is 2.30. The van der Waals surface area contributed by atoms with Crippen molar-refractivity contribution in [3.63, 3.8) is 0 Å². The van der Waals surface area contributed by atoms with Gasteiger partial charge < -0.3 is 5.11 Å². The minimum Gasteiger partial charge on any atom is -0.508 e. The Kier molecular flexibility index (Phi) is 3.55. The van der Waals surface area contributed by atoms with Gasteiger partial charge >= 0.3 is 0 Å². The van der Waals surface area contributed by atoms with E-state index in [1.807, 2.05) is 6.07 Å². The summed E-state index contributed by atoms with van der Waals surface area (Å²) in [6.07, 6.45) is 1.85. The molecule has 1 aromatic carbocycles. The fourth-order valence-electron chi connectivity index (χ4n) is 1.80. The lowest BCUT2D eigenvalue weighted by Gasteiger charge is -2.20. The molecule has 1 N–H and O–H groups in total. The number of phenolic OH excluding ortho intramolecular Hbond substituents is 1. The first-order valence-corrected chi connectivity index (χ1v) is 7.17. The molecule has 0 heterocycles. The first kappa shape index (κ1) is 12.9. The van der Waals surface area contributed by atoms with Gasteiger partial charge in [0.2, 0.25) is 10.0 Å². The van der Waals surface area contributed by atoms with E-state index < -0.39 is 10.0 Å². The second kappa shape index (κ2) is 4.96. The van der Waals surface area contributed by atoms with E-state index >= 15 is 0 Å². The summed E-state index contributed by atoms with van der Waals surface area (Å²) in [4.78, 5) is 0.0762. The van der Waals surface area contributed by atoms with Crippen LogP contribution in [0, 0.1) is 11.3 Å². The third kappa shape index (κ3) is 2.63. The Hall–Kier alpha value is -1.58. The summed E-state index contributed by atoms with van der Waals surface area (Å²) in [5.41, 5.74) is 0. The molecule has 0 amide bonds. The fraction of sp³-hybridized carbons (Fsp3) is 0.417. The highest BCUT2D eigenvalue weighted by Gasteiger charge is 2.37. The van der Waals surface area contributed by atoms with Crippen molar-refractivity contribution in [2.24, 2.45) is 0 Å². The molecule has 1 aliphatic rings. The molecule has 0 saturated heterocycles. The molecular formula is C12H14N2O3S. The van der Waals surface area contributed by atoms with Crippen LogP contribution in [0.25, 0.3) is 0 Å². The molecule has 96 valence electrons. The standard InChI is InChI=1S/C12H14N2O3S/c13-7-2-8-14(10-5-6-10)18(16,17)12-4-1-3-11(15)9-12/h1,3-4,9-10,15H,2,5-6,8H2. The number of benzene rings is 1. The van der Waals surface area contributed by atoms with Gasteiger partial charge in [0, 0.05) is 19.0 Å². The third-order valence-electron chi connectivity index (χ3n) is 2.82. The minimum absolute atomic E-state index is 0.00528. The molecule has 5 nitrogen and oxygen atoms in total. The largest absolute Gasteiger partial charge is 0.508 e. The second-order valence-corrected chi connectivity index (χ2v) is 6.14. The van der Waals surface area contributed by atoms with Gasteiger partial charge in [0.05, 0.1) is 11.0 Å². The van der Waals surface area contributed by atoms with Crippen molar-refractivity contribution in [1.29, 1.82) is 5.26 Å². The normalized spacial score (nSPS) is 15.6. The summed E-state index contributed by atoms with van der Waals surface area (Å²) < 4.78 is 26.1. The Morgan fingerprint density at radius 2 is 2.17 bits per heavy atom. The van der Waals surface area contributed by atoms with Gasteiger partial charge in [-0.05, 0) is 31.0 Å². The van der Waals surface area contributed by atoms with Gasteiger partial charge in [-0.1, -0.05) is 6.07 Å². The number of phenols is 1. The molecule has 1 fully saturated rings. The van der Waals surface area contributed by atoms with Crippen molar-refractivity contribution in [2.45, 2.75) is 30.2 Å². The zero-order valence-corrected chi connectivity index (χ0v) is 10.6. The molecule has 0 atom stereocenters. The van der Waals surface area contributed by atoms with E-state index in [2.05, 4.69) is 0 Å². The number of nitriles is 1. The second-order valence-electron chi connectivity index (χ2n) is 4.25. The maximum Gasteiger partial charge on any atom is 0.243 e. The number of aromatic hydroxyl groups is 1. The predicted molar refractivity (Wildman–Crippen MR) is 65.3 cm³/mol. The maximum absolute atomic E-state index is 12.4. The van der Waals surface area contributed by atoms with Crippen LogP contribution in [-0.2, 0) is 10.0 Å². The van der Waals surface area contributed by atoms with Crippen LogP contribution < -0.4 is 0 Å². The highest BCUT2D eigenvalue weighted by molar-refractivity contribution is 7.89. The summed E-state index contributed by atoms with van der Waals surface area (Å²) in [6.45, 7) is 0.207. The summed E-state index contributed by atoms with van der Waals surface area (Å²) in [6, 6.07) is 7.58. The molecule has 1 aromatic rings. The Bertz CT molecular complexity index is 573. The number of hydrogen-bond acceptors (Lipinski definition) is 4. The molecule has 0 aromatic heterocycles. The van der Waals surface area contributed by atoms with Crippen LogP contribution in [0.2, 0.25) is 0 Å². The van der Waals surface area contributed by atoms with Crippen LogP contribution in [0.4, 0.5) is 0 Å². The topological polar surface area (TPSA) is 81.4 Å². The smallest absolute Gasteiger partial charge is 0.243 e. The highest BCUT2D eigenvalue weighted by Crippen LogP contribution is 2.32. The lowest BCUT2D eigenvalue weighted by atomic mass is 10.3. The first-order valence-electron chi connectivity index (χ1n) is 5.73. The van der Waals surface area contributed by atoms with E-state index in [1.165, 1.54) is 28.6 Å². The van der Waals surface area contributed by atoms with Crippen LogP contribution in [0.3, 0.4) is 0 Å². The van der Waals surface area contributed by atoms with Gasteiger partial charge in [-0.2, -0.15) is 9.57 Å². The summed E-state index contributed by atoms with van der Waals surface area (Å²) in [5.74, 6) is -0.0768. The summed E-state index contributed by atoms with van der Waals surface area (Å²) in [7, 11) is -3.61. The van der Waals surface area contributed by atoms with Crippen LogP contribution >= 0.6 is 0 Å². The molecule has 18 heavy (non-hydrogen) atoms. The van der Waals surface area contributed by atoms with Crippen molar-refractivity contribution in [3.8, 4) is 11.8 Å². The molecule has 2 rings (SSSR count). The fourth-order valence-corrected chi connectivity index (χ4v) is 3.53. The van der Waals surface area contributed by atoms with Crippen molar-refractivity contribution >= 4 is 10.0 Å². The maximum atomic E-state index is 12.4. The molecule has 0 bridgehead atoms. The van der Waals surface area contributed by atoms with Crippen molar-refractivity contribution < 1.29 is 13.5 Å². The zero-order valence-electron chi connectivity index (χ0n) is 9.78. The van der Waals surface area contributed by atoms with Crippen molar-refractivity contribution in [3.05, 3.63) is 24.3 Å². The van der Waals surface area contributed by atoms with E-state index in [4.69, 9.17) is 5.26 Å². The van der Waals surface area contributed by atoms with E-state index in [9.17, 15) is 13.5 Å². The molecule has 0 unspecified atom stereocenters. The van der Waals surface area contributed by atoms with Gasteiger partial charge in [-0.3, -0.25) is 0 Å². The number of hydrogen-bond donors (Lipinski definition) is 1. The van der Waals surface area contributed by atoms with Gasteiger partial charge in [0.15, 0.2) is 0 Å². The lowest BCUT2D eigenvalue weighted by Crippen LogP contribution is -2.33. The van der Waals surface area contributed by atoms with E-state index in [1.54, 1.807) is 0 Å². The predicted octanol–water partition coefficient (Wildman–Crippen LogP) is 1.46. The molecule has 0 aliphatic heterocycles. The Morgan fingerprint density at radius 3 is 2.72 bits per heavy atom. The quantitative estimate of drug-likeness (QED) is 0.874. The van der Waals surface area contributed by atoms with Crippen molar-refractivity contribution in [1.82, 2.24) is 4.31 Å². The van der Waals surface area contributed by atoms with E-state index in [0.717, 1.165) is 12.8 Å². The number of rotatable bonds is 5. The van der Waals surface area contributed by atoms with Crippen molar-refractivity contribution in [2.75, 3.05) is 6.54 Å². The average molecular weight is 266 g/mol. The summed E-state index contributed by atoms with van der Waals surface area (Å²) >= 11 is 0.